The number of non-ortho nitro benzene ring substituents is 1. The van der Waals surface area contributed by atoms with Gasteiger partial charge in [-0.1, -0.05) is 0 Å². The highest BCUT2D eigenvalue weighted by atomic mass is 35.5. The van der Waals surface area contributed by atoms with Crippen LogP contribution in [0.1, 0.15) is 31.2 Å². The van der Waals surface area contributed by atoms with Gasteiger partial charge in [0.2, 0.25) is 0 Å². The quantitative estimate of drug-likeness (QED) is 0.260. The third-order valence-corrected chi connectivity index (χ3v) is 3.31. The van der Waals surface area contributed by atoms with Gasteiger partial charge in [0.25, 0.3) is 5.69 Å². The third-order valence-electron chi connectivity index (χ3n) is 3.04. The predicted octanol–water partition coefficient (Wildman–Crippen LogP) is 3.72. The molecule has 0 aromatic heterocycles. The zero-order valence-corrected chi connectivity index (χ0v) is 12.9. The van der Waals surface area contributed by atoms with Crippen molar-refractivity contribution in [2.75, 3.05) is 19.6 Å². The number of hydrogen-bond acceptors (Lipinski definition) is 5. The van der Waals surface area contributed by atoms with Crippen molar-refractivity contribution in [1.29, 1.82) is 5.41 Å². The Kier molecular flexibility index (Phi) is 6.94. The van der Waals surface area contributed by atoms with E-state index in [1.807, 2.05) is 0 Å². The molecule has 6 nitrogen and oxygen atoms in total. The van der Waals surface area contributed by atoms with Crippen molar-refractivity contribution >= 4 is 23.2 Å². The Balaban J connectivity index is 3.22. The number of hydrogen-bond donors (Lipinski definition) is 1. The molecule has 0 spiro atoms. The summed E-state index contributed by atoms with van der Waals surface area (Å²) in [5.41, 5.74) is 0.543. The minimum atomic E-state index is -0.466. The van der Waals surface area contributed by atoms with Crippen molar-refractivity contribution in [2.45, 2.75) is 25.7 Å². The van der Waals surface area contributed by atoms with E-state index in [4.69, 9.17) is 26.5 Å². The summed E-state index contributed by atoms with van der Waals surface area (Å²) in [6.45, 7) is 2.16. The molecule has 7 heteroatoms. The van der Waals surface area contributed by atoms with E-state index in [-0.39, 0.29) is 11.6 Å². The summed E-state index contributed by atoms with van der Waals surface area (Å²) in [4.78, 5) is 10.5. The summed E-state index contributed by atoms with van der Waals surface area (Å²) in [7, 11) is 1.49. The first kappa shape index (κ1) is 17.2. The van der Waals surface area contributed by atoms with Gasteiger partial charge in [-0.25, -0.2) is 0 Å². The minimum Gasteiger partial charge on any atom is -0.496 e. The highest BCUT2D eigenvalue weighted by Crippen LogP contribution is 2.34. The van der Waals surface area contributed by atoms with Crippen molar-refractivity contribution in [3.8, 4) is 5.75 Å². The molecule has 0 amide bonds. The number of alkyl halides is 1. The van der Waals surface area contributed by atoms with Gasteiger partial charge in [-0.15, -0.1) is 11.6 Å². The molecular weight excluding hydrogens is 296 g/mol. The first-order chi connectivity index (χ1) is 10.0. The highest BCUT2D eigenvalue weighted by Gasteiger charge is 2.24. The Morgan fingerprint density at radius 3 is 2.76 bits per heavy atom. The SMILES string of the molecule is CCOC(=N)C(CCCCl)c1cc([N+](=O)[O-])ccc1OC. The maximum atomic E-state index is 10.9. The fraction of sp³-hybridized carbons (Fsp3) is 0.500. The van der Waals surface area contributed by atoms with E-state index in [1.54, 1.807) is 13.0 Å². The zero-order chi connectivity index (χ0) is 15.8. The summed E-state index contributed by atoms with van der Waals surface area (Å²) in [6, 6.07) is 4.36. The van der Waals surface area contributed by atoms with Gasteiger partial charge >= 0.3 is 0 Å². The van der Waals surface area contributed by atoms with Crippen LogP contribution in [-0.4, -0.2) is 30.4 Å². The molecule has 0 saturated heterocycles. The van der Waals surface area contributed by atoms with Crippen molar-refractivity contribution in [3.63, 3.8) is 0 Å². The summed E-state index contributed by atoms with van der Waals surface area (Å²) in [5.74, 6) is 0.622. The highest BCUT2D eigenvalue weighted by molar-refractivity contribution is 6.17. The molecule has 1 aromatic rings. The Hall–Kier alpha value is -1.82. The lowest BCUT2D eigenvalue weighted by molar-refractivity contribution is -0.384. The van der Waals surface area contributed by atoms with Crippen LogP contribution in [-0.2, 0) is 4.74 Å². The predicted molar refractivity (Wildman–Crippen MR) is 81.7 cm³/mol. The largest absolute Gasteiger partial charge is 0.496 e. The number of methoxy groups -OCH3 is 1. The van der Waals surface area contributed by atoms with E-state index in [9.17, 15) is 10.1 Å². The van der Waals surface area contributed by atoms with E-state index < -0.39 is 10.8 Å². The molecule has 0 bridgehead atoms. The Morgan fingerprint density at radius 1 is 1.52 bits per heavy atom. The van der Waals surface area contributed by atoms with E-state index in [1.165, 1.54) is 19.2 Å². The molecule has 1 N–H and O–H groups in total. The zero-order valence-electron chi connectivity index (χ0n) is 12.1. The van der Waals surface area contributed by atoms with Crippen molar-refractivity contribution in [2.24, 2.45) is 0 Å². The summed E-state index contributed by atoms with van der Waals surface area (Å²) in [6.07, 6.45) is 1.24. The maximum absolute atomic E-state index is 10.9. The molecule has 1 rings (SSSR count). The fourth-order valence-corrected chi connectivity index (χ4v) is 2.23. The molecule has 0 fully saturated rings. The average Bonchev–Trinajstić information content (AvgIpc) is 2.47. The van der Waals surface area contributed by atoms with Crippen LogP contribution < -0.4 is 4.74 Å². The number of rotatable bonds is 8. The molecule has 0 radical (unpaired) electrons. The Bertz CT molecular complexity index is 508. The average molecular weight is 315 g/mol. The topological polar surface area (TPSA) is 85.5 Å². The summed E-state index contributed by atoms with van der Waals surface area (Å²) >= 11 is 5.72. The van der Waals surface area contributed by atoms with Gasteiger partial charge in [-0.05, 0) is 25.8 Å². The van der Waals surface area contributed by atoms with Crippen molar-refractivity contribution in [1.82, 2.24) is 0 Å². The summed E-state index contributed by atoms with van der Waals surface area (Å²) < 4.78 is 10.5. The molecular formula is C14H19ClN2O4. The smallest absolute Gasteiger partial charge is 0.269 e. The van der Waals surface area contributed by atoms with Crippen LogP contribution in [0.2, 0.25) is 0 Å². The minimum absolute atomic E-state index is 0.0361. The number of benzene rings is 1. The number of ether oxygens (including phenoxy) is 2. The normalized spacial score (nSPS) is 11.8. The van der Waals surface area contributed by atoms with Crippen LogP contribution >= 0.6 is 11.6 Å². The number of nitrogens with zero attached hydrogens (tertiary/aromatic N) is 1. The molecule has 1 unspecified atom stereocenters. The monoisotopic (exact) mass is 314 g/mol. The number of halogens is 1. The second-order valence-corrected chi connectivity index (χ2v) is 4.74. The number of nitrogens with one attached hydrogen (secondary N) is 1. The van der Waals surface area contributed by atoms with Crippen LogP contribution in [0, 0.1) is 15.5 Å². The molecule has 0 aliphatic heterocycles. The first-order valence-electron chi connectivity index (χ1n) is 6.64. The van der Waals surface area contributed by atoms with Crippen LogP contribution in [0.25, 0.3) is 0 Å². The molecule has 21 heavy (non-hydrogen) atoms. The van der Waals surface area contributed by atoms with Gasteiger partial charge in [0, 0.05) is 23.6 Å². The van der Waals surface area contributed by atoms with Gasteiger partial charge in [0.15, 0.2) is 5.90 Å². The third kappa shape index (κ3) is 4.60. The Morgan fingerprint density at radius 2 is 2.24 bits per heavy atom. The Labute approximate surface area is 128 Å². The standard InChI is InChI=1S/C14H19ClN2O4/c1-3-21-14(16)11(5-4-8-15)12-9-10(17(18)19)6-7-13(12)20-2/h6-7,9,11,16H,3-5,8H2,1-2H3. The van der Waals surface area contributed by atoms with Crippen LogP contribution in [0.5, 0.6) is 5.75 Å². The van der Waals surface area contributed by atoms with Gasteiger partial charge in [-0.2, -0.15) is 0 Å². The lowest BCUT2D eigenvalue weighted by Gasteiger charge is -2.20. The molecule has 1 aromatic carbocycles. The van der Waals surface area contributed by atoms with E-state index >= 15 is 0 Å². The molecule has 0 aliphatic rings. The van der Waals surface area contributed by atoms with E-state index in [2.05, 4.69) is 0 Å². The fourth-order valence-electron chi connectivity index (χ4n) is 2.07. The van der Waals surface area contributed by atoms with Gasteiger partial charge in [0.05, 0.1) is 24.6 Å². The first-order valence-corrected chi connectivity index (χ1v) is 7.18. The summed E-state index contributed by atoms with van der Waals surface area (Å²) in [5, 5.41) is 19.0. The lowest BCUT2D eigenvalue weighted by Crippen LogP contribution is -2.16. The van der Waals surface area contributed by atoms with Gasteiger partial charge in [0.1, 0.15) is 5.75 Å². The van der Waals surface area contributed by atoms with Crippen molar-refractivity contribution in [3.05, 3.63) is 33.9 Å². The molecule has 0 heterocycles. The number of nitro benzene ring substituents is 1. The second kappa shape index (κ2) is 8.46. The van der Waals surface area contributed by atoms with Crippen molar-refractivity contribution < 1.29 is 14.4 Å². The lowest BCUT2D eigenvalue weighted by atomic mass is 9.93. The molecule has 0 aliphatic carbocycles. The van der Waals surface area contributed by atoms with E-state index in [0.717, 1.165) is 0 Å². The number of nitro groups is 1. The van der Waals surface area contributed by atoms with E-state index in [0.29, 0.717) is 36.6 Å². The maximum Gasteiger partial charge on any atom is 0.269 e. The van der Waals surface area contributed by atoms with Gasteiger partial charge in [-0.3, -0.25) is 15.5 Å². The molecule has 0 saturated carbocycles. The van der Waals surface area contributed by atoms with Gasteiger partial charge < -0.3 is 9.47 Å². The molecule has 1 atom stereocenters. The second-order valence-electron chi connectivity index (χ2n) is 4.36. The molecule has 116 valence electrons. The van der Waals surface area contributed by atoms with Crippen LogP contribution in [0.15, 0.2) is 18.2 Å². The van der Waals surface area contributed by atoms with Crippen LogP contribution in [0.4, 0.5) is 5.69 Å². The van der Waals surface area contributed by atoms with Crippen LogP contribution in [0.3, 0.4) is 0 Å².